The van der Waals surface area contributed by atoms with Crippen molar-refractivity contribution in [3.63, 3.8) is 0 Å². The van der Waals surface area contributed by atoms with Crippen LogP contribution >= 0.6 is 11.6 Å². The van der Waals surface area contributed by atoms with Gasteiger partial charge in [-0.1, -0.05) is 12.8 Å². The average Bonchev–Trinajstić information content (AvgIpc) is 2.82. The number of carbonyl (C=O) groups excluding carboxylic acids is 1. The lowest BCUT2D eigenvalue weighted by atomic mass is 9.98. The highest BCUT2D eigenvalue weighted by Gasteiger charge is 2.26. The Hall–Kier alpha value is -0.240. The molecule has 1 atom stereocenters. The molecule has 1 saturated heterocycles. The van der Waals surface area contributed by atoms with Gasteiger partial charge in [0.1, 0.15) is 0 Å². The maximum atomic E-state index is 12.1. The van der Waals surface area contributed by atoms with E-state index in [0.717, 1.165) is 25.9 Å². The van der Waals surface area contributed by atoms with Crippen LogP contribution in [0.25, 0.3) is 0 Å². The van der Waals surface area contributed by atoms with Gasteiger partial charge < -0.3 is 4.90 Å². The van der Waals surface area contributed by atoms with Gasteiger partial charge in [0.15, 0.2) is 0 Å². The largest absolute Gasteiger partial charge is 0.342 e. The van der Waals surface area contributed by atoms with E-state index in [0.29, 0.717) is 23.6 Å². The lowest BCUT2D eigenvalue weighted by Crippen LogP contribution is -2.40. The summed E-state index contributed by atoms with van der Waals surface area (Å²) in [6, 6.07) is 0. The molecule has 1 saturated carbocycles. The van der Waals surface area contributed by atoms with Crippen molar-refractivity contribution in [2.24, 2.45) is 11.8 Å². The topological polar surface area (TPSA) is 20.3 Å². The Morgan fingerprint density at radius 3 is 2.50 bits per heavy atom. The minimum absolute atomic E-state index is 0.377. The summed E-state index contributed by atoms with van der Waals surface area (Å²) in [5.74, 6) is 2.28. The maximum absolute atomic E-state index is 12.1. The van der Waals surface area contributed by atoms with Gasteiger partial charge in [-0.05, 0) is 37.5 Å². The summed E-state index contributed by atoms with van der Waals surface area (Å²) >= 11 is 5.88. The van der Waals surface area contributed by atoms with Gasteiger partial charge in [0.2, 0.25) is 5.91 Å². The first-order valence-corrected chi connectivity index (χ1v) is 7.17. The number of nitrogens with zero attached hydrogens (tertiary/aromatic N) is 1. The summed E-state index contributed by atoms with van der Waals surface area (Å²) in [4.78, 5) is 14.1. The van der Waals surface area contributed by atoms with Gasteiger partial charge in [-0.2, -0.15) is 0 Å². The van der Waals surface area contributed by atoms with Crippen LogP contribution in [-0.4, -0.2) is 29.8 Å². The number of likely N-dealkylation sites (tertiary alicyclic amines) is 1. The molecule has 0 aromatic carbocycles. The molecule has 0 radical (unpaired) electrons. The highest BCUT2D eigenvalue weighted by molar-refractivity contribution is 6.18. The summed E-state index contributed by atoms with van der Waals surface area (Å²) in [6.45, 7) is 1.86. The van der Waals surface area contributed by atoms with Crippen molar-refractivity contribution in [3.05, 3.63) is 0 Å². The molecule has 1 unspecified atom stereocenters. The molecule has 1 heterocycles. The van der Waals surface area contributed by atoms with Crippen molar-refractivity contribution < 1.29 is 4.79 Å². The van der Waals surface area contributed by atoms with E-state index in [1.54, 1.807) is 0 Å². The summed E-state index contributed by atoms with van der Waals surface area (Å²) in [5, 5.41) is 0. The van der Waals surface area contributed by atoms with Crippen LogP contribution in [0.2, 0.25) is 0 Å². The van der Waals surface area contributed by atoms with Gasteiger partial charge in [0.25, 0.3) is 0 Å². The first-order valence-electron chi connectivity index (χ1n) is 6.63. The molecule has 2 aliphatic rings. The summed E-state index contributed by atoms with van der Waals surface area (Å²) in [5.41, 5.74) is 0. The van der Waals surface area contributed by atoms with Crippen molar-refractivity contribution in [2.45, 2.75) is 44.9 Å². The van der Waals surface area contributed by atoms with Crippen molar-refractivity contribution in [2.75, 3.05) is 19.0 Å². The van der Waals surface area contributed by atoms with Gasteiger partial charge in [-0.3, -0.25) is 4.79 Å². The summed E-state index contributed by atoms with van der Waals surface area (Å²) in [6.07, 6.45) is 8.28. The average molecular weight is 244 g/mol. The number of halogens is 1. The first-order chi connectivity index (χ1) is 7.79. The molecular formula is C13H22ClNO. The van der Waals surface area contributed by atoms with Crippen LogP contribution in [0.5, 0.6) is 0 Å². The molecule has 0 bridgehead atoms. The molecule has 1 aliphatic heterocycles. The number of hydrogen-bond donors (Lipinski definition) is 0. The van der Waals surface area contributed by atoms with Crippen LogP contribution < -0.4 is 0 Å². The molecule has 2 rings (SSSR count). The molecule has 92 valence electrons. The highest BCUT2D eigenvalue weighted by Crippen LogP contribution is 2.29. The van der Waals surface area contributed by atoms with Gasteiger partial charge >= 0.3 is 0 Å². The Morgan fingerprint density at radius 2 is 1.81 bits per heavy atom. The predicted octanol–water partition coefficient (Wildman–Crippen LogP) is 3.04. The third-order valence-corrected chi connectivity index (χ3v) is 4.46. The minimum atomic E-state index is 0.377. The van der Waals surface area contributed by atoms with Crippen LogP contribution in [0.3, 0.4) is 0 Å². The van der Waals surface area contributed by atoms with Crippen LogP contribution in [0.1, 0.15) is 44.9 Å². The molecule has 0 aromatic rings. The standard InChI is InChI=1S/C13H22ClNO/c14-9-12-6-3-7-15(10-12)13(16)8-11-4-1-2-5-11/h11-12H,1-10H2. The zero-order valence-electron chi connectivity index (χ0n) is 9.96. The fourth-order valence-corrected chi connectivity index (χ4v) is 3.26. The third-order valence-electron chi connectivity index (χ3n) is 4.03. The van der Waals surface area contributed by atoms with E-state index in [1.807, 2.05) is 0 Å². The zero-order chi connectivity index (χ0) is 11.4. The maximum Gasteiger partial charge on any atom is 0.222 e. The molecular weight excluding hydrogens is 222 g/mol. The number of piperidine rings is 1. The SMILES string of the molecule is O=C(CC1CCCC1)N1CCCC(CCl)C1. The number of carbonyl (C=O) groups is 1. The second kappa shape index (κ2) is 5.90. The molecule has 16 heavy (non-hydrogen) atoms. The lowest BCUT2D eigenvalue weighted by molar-refractivity contribution is -0.133. The van der Waals surface area contributed by atoms with E-state index >= 15 is 0 Å². The minimum Gasteiger partial charge on any atom is -0.342 e. The second-order valence-corrected chi connectivity index (χ2v) is 5.67. The quantitative estimate of drug-likeness (QED) is 0.698. The molecule has 0 aromatic heterocycles. The third kappa shape index (κ3) is 3.13. The highest BCUT2D eigenvalue weighted by atomic mass is 35.5. The van der Waals surface area contributed by atoms with Gasteiger partial charge in [-0.25, -0.2) is 0 Å². The molecule has 2 nitrogen and oxygen atoms in total. The molecule has 1 aliphatic carbocycles. The number of rotatable bonds is 3. The Balaban J connectivity index is 1.79. The van der Waals surface area contributed by atoms with Crippen LogP contribution in [-0.2, 0) is 4.79 Å². The first kappa shape index (κ1) is 12.2. The molecule has 0 N–H and O–H groups in total. The summed E-state index contributed by atoms with van der Waals surface area (Å²) < 4.78 is 0. The Bertz CT molecular complexity index is 238. The van der Waals surface area contributed by atoms with Crippen molar-refractivity contribution in [3.8, 4) is 0 Å². The Kier molecular flexibility index (Phi) is 4.51. The fourth-order valence-electron chi connectivity index (χ4n) is 3.01. The van der Waals surface area contributed by atoms with Crippen LogP contribution in [0.4, 0.5) is 0 Å². The van der Waals surface area contributed by atoms with Crippen molar-refractivity contribution >= 4 is 17.5 Å². The summed E-state index contributed by atoms with van der Waals surface area (Å²) in [7, 11) is 0. The van der Waals surface area contributed by atoms with E-state index < -0.39 is 0 Å². The van der Waals surface area contributed by atoms with E-state index in [4.69, 9.17) is 11.6 Å². The normalized spacial score (nSPS) is 27.3. The number of amides is 1. The van der Waals surface area contributed by atoms with E-state index in [-0.39, 0.29) is 0 Å². The second-order valence-electron chi connectivity index (χ2n) is 5.36. The predicted molar refractivity (Wildman–Crippen MR) is 66.6 cm³/mol. The zero-order valence-corrected chi connectivity index (χ0v) is 10.7. The van der Waals surface area contributed by atoms with Crippen LogP contribution in [0.15, 0.2) is 0 Å². The monoisotopic (exact) mass is 243 g/mol. The van der Waals surface area contributed by atoms with Crippen molar-refractivity contribution in [1.29, 1.82) is 0 Å². The van der Waals surface area contributed by atoms with E-state index in [9.17, 15) is 4.79 Å². The molecule has 0 spiro atoms. The lowest BCUT2D eigenvalue weighted by Gasteiger charge is -2.32. The van der Waals surface area contributed by atoms with Crippen molar-refractivity contribution in [1.82, 2.24) is 4.90 Å². The smallest absolute Gasteiger partial charge is 0.222 e. The molecule has 2 fully saturated rings. The number of alkyl halides is 1. The van der Waals surface area contributed by atoms with Crippen LogP contribution in [0, 0.1) is 11.8 Å². The van der Waals surface area contributed by atoms with Gasteiger partial charge in [-0.15, -0.1) is 11.6 Å². The number of hydrogen-bond acceptors (Lipinski definition) is 1. The van der Waals surface area contributed by atoms with E-state index in [2.05, 4.69) is 4.90 Å². The van der Waals surface area contributed by atoms with E-state index in [1.165, 1.54) is 32.1 Å². The Labute approximate surface area is 103 Å². The molecule has 1 amide bonds. The van der Waals surface area contributed by atoms with Gasteiger partial charge in [0, 0.05) is 25.4 Å². The van der Waals surface area contributed by atoms with Gasteiger partial charge in [0.05, 0.1) is 0 Å². The Morgan fingerprint density at radius 1 is 1.12 bits per heavy atom. The molecule has 3 heteroatoms. The fraction of sp³-hybridized carbons (Fsp3) is 0.923.